The topological polar surface area (TPSA) is 24.9 Å². The van der Waals surface area contributed by atoms with Gasteiger partial charge in [0.15, 0.2) is 0 Å². The second kappa shape index (κ2) is 6.17. The predicted molar refractivity (Wildman–Crippen MR) is 102 cm³/mol. The van der Waals surface area contributed by atoms with Gasteiger partial charge in [-0.15, -0.1) is 0 Å². The van der Waals surface area contributed by atoms with Gasteiger partial charge in [0.05, 0.1) is 5.52 Å². The number of nitrogens with one attached hydrogen (secondary N) is 1. The number of rotatable bonds is 3. The van der Waals surface area contributed by atoms with Gasteiger partial charge in [-0.25, -0.2) is 4.98 Å². The average molecular weight is 310 g/mol. The maximum Gasteiger partial charge on any atom is 0.131 e. The van der Waals surface area contributed by atoms with E-state index in [0.29, 0.717) is 0 Å². The van der Waals surface area contributed by atoms with Crippen LogP contribution in [-0.2, 0) is 0 Å². The molecule has 4 rings (SSSR count). The lowest BCUT2D eigenvalue weighted by Gasteiger charge is -2.12. The Morgan fingerprint density at radius 1 is 0.750 bits per heavy atom. The number of nitrogens with zero attached hydrogens (tertiary/aromatic N) is 1. The van der Waals surface area contributed by atoms with Gasteiger partial charge in [0.1, 0.15) is 5.82 Å². The molecule has 116 valence electrons. The van der Waals surface area contributed by atoms with Crippen molar-refractivity contribution in [1.82, 2.24) is 4.98 Å². The van der Waals surface area contributed by atoms with Crippen LogP contribution in [0.25, 0.3) is 22.0 Å². The highest BCUT2D eigenvalue weighted by atomic mass is 15.0. The second-order valence-electron chi connectivity index (χ2n) is 5.93. The van der Waals surface area contributed by atoms with Gasteiger partial charge in [0.25, 0.3) is 0 Å². The van der Waals surface area contributed by atoms with Crippen LogP contribution in [0.1, 0.15) is 5.56 Å². The maximum atomic E-state index is 4.79. The van der Waals surface area contributed by atoms with Crippen LogP contribution in [0.4, 0.5) is 11.5 Å². The van der Waals surface area contributed by atoms with Crippen molar-refractivity contribution in [1.29, 1.82) is 0 Å². The Hall–Kier alpha value is -3.13. The van der Waals surface area contributed by atoms with Crippen molar-refractivity contribution in [2.45, 2.75) is 6.92 Å². The highest BCUT2D eigenvalue weighted by Gasteiger charge is 2.08. The SMILES string of the molecule is Cc1ccc2nc(Nc3ccccc3)cc(-c3ccccc3)c2c1. The van der Waals surface area contributed by atoms with E-state index in [9.17, 15) is 0 Å². The van der Waals surface area contributed by atoms with E-state index < -0.39 is 0 Å². The van der Waals surface area contributed by atoms with E-state index in [-0.39, 0.29) is 0 Å². The van der Waals surface area contributed by atoms with Crippen molar-refractivity contribution in [3.63, 3.8) is 0 Å². The molecule has 2 nitrogen and oxygen atoms in total. The lowest BCUT2D eigenvalue weighted by molar-refractivity contribution is 1.36. The Bertz CT molecular complexity index is 977. The minimum absolute atomic E-state index is 0.858. The highest BCUT2D eigenvalue weighted by Crippen LogP contribution is 2.31. The molecule has 3 aromatic carbocycles. The van der Waals surface area contributed by atoms with Crippen molar-refractivity contribution in [3.8, 4) is 11.1 Å². The molecule has 0 aliphatic heterocycles. The third-order valence-electron chi connectivity index (χ3n) is 4.10. The molecule has 1 N–H and O–H groups in total. The molecule has 24 heavy (non-hydrogen) atoms. The molecule has 2 heteroatoms. The van der Waals surface area contributed by atoms with Crippen molar-refractivity contribution < 1.29 is 0 Å². The molecular weight excluding hydrogens is 292 g/mol. The van der Waals surface area contributed by atoms with Crippen molar-refractivity contribution in [2.75, 3.05) is 5.32 Å². The van der Waals surface area contributed by atoms with Crippen LogP contribution >= 0.6 is 0 Å². The number of aryl methyl sites for hydroxylation is 1. The first-order valence-electron chi connectivity index (χ1n) is 8.08. The summed E-state index contributed by atoms with van der Waals surface area (Å²) in [6.45, 7) is 2.12. The van der Waals surface area contributed by atoms with E-state index in [1.54, 1.807) is 0 Å². The summed E-state index contributed by atoms with van der Waals surface area (Å²) in [4.78, 5) is 4.79. The van der Waals surface area contributed by atoms with Crippen molar-refractivity contribution >= 4 is 22.4 Å². The predicted octanol–water partition coefficient (Wildman–Crippen LogP) is 5.95. The fourth-order valence-electron chi connectivity index (χ4n) is 2.93. The molecule has 0 spiro atoms. The van der Waals surface area contributed by atoms with Gasteiger partial charge in [-0.1, -0.05) is 60.2 Å². The van der Waals surface area contributed by atoms with Gasteiger partial charge in [0, 0.05) is 11.1 Å². The van der Waals surface area contributed by atoms with Crippen LogP contribution in [-0.4, -0.2) is 4.98 Å². The Balaban J connectivity index is 1.89. The molecule has 0 radical (unpaired) electrons. The summed E-state index contributed by atoms with van der Waals surface area (Å²) in [7, 11) is 0. The summed E-state index contributed by atoms with van der Waals surface area (Å²) in [5.74, 6) is 0.858. The smallest absolute Gasteiger partial charge is 0.131 e. The molecule has 0 saturated heterocycles. The van der Waals surface area contributed by atoms with Crippen LogP contribution in [0.3, 0.4) is 0 Å². The normalized spacial score (nSPS) is 10.7. The van der Waals surface area contributed by atoms with E-state index in [1.807, 2.05) is 36.4 Å². The number of pyridine rings is 1. The number of hydrogen-bond donors (Lipinski definition) is 1. The molecule has 1 heterocycles. The molecule has 0 bridgehead atoms. The van der Waals surface area contributed by atoms with E-state index in [2.05, 4.69) is 60.8 Å². The molecular formula is C22H18N2. The van der Waals surface area contributed by atoms with Gasteiger partial charge in [-0.3, -0.25) is 0 Å². The van der Waals surface area contributed by atoms with E-state index in [4.69, 9.17) is 4.98 Å². The first-order valence-corrected chi connectivity index (χ1v) is 8.08. The quantitative estimate of drug-likeness (QED) is 0.505. The average Bonchev–Trinajstić information content (AvgIpc) is 2.63. The summed E-state index contributed by atoms with van der Waals surface area (Å²) < 4.78 is 0. The van der Waals surface area contributed by atoms with Crippen LogP contribution in [0.5, 0.6) is 0 Å². The number of para-hydroxylation sites is 1. The third-order valence-corrected chi connectivity index (χ3v) is 4.10. The lowest BCUT2D eigenvalue weighted by Crippen LogP contribution is -1.95. The fraction of sp³-hybridized carbons (Fsp3) is 0.0455. The van der Waals surface area contributed by atoms with Crippen LogP contribution < -0.4 is 5.32 Å². The van der Waals surface area contributed by atoms with Gasteiger partial charge < -0.3 is 5.32 Å². The molecule has 0 unspecified atom stereocenters. The van der Waals surface area contributed by atoms with E-state index in [1.165, 1.54) is 22.1 Å². The molecule has 0 atom stereocenters. The molecule has 0 fully saturated rings. The summed E-state index contributed by atoms with van der Waals surface area (Å²) in [5.41, 5.74) is 5.68. The Morgan fingerprint density at radius 2 is 1.46 bits per heavy atom. The maximum absolute atomic E-state index is 4.79. The first-order chi connectivity index (χ1) is 11.8. The summed E-state index contributed by atoms with van der Waals surface area (Å²) in [5, 5.41) is 4.59. The van der Waals surface area contributed by atoms with Crippen LogP contribution in [0.15, 0.2) is 84.9 Å². The zero-order chi connectivity index (χ0) is 16.4. The van der Waals surface area contributed by atoms with Crippen LogP contribution in [0, 0.1) is 6.92 Å². The molecule has 0 aliphatic carbocycles. The summed E-state index contributed by atoms with van der Waals surface area (Å²) in [6.07, 6.45) is 0. The minimum Gasteiger partial charge on any atom is -0.340 e. The van der Waals surface area contributed by atoms with Gasteiger partial charge in [0.2, 0.25) is 0 Å². The lowest BCUT2D eigenvalue weighted by atomic mass is 10.00. The Kier molecular flexibility index (Phi) is 3.72. The number of aromatic nitrogens is 1. The van der Waals surface area contributed by atoms with E-state index in [0.717, 1.165) is 17.0 Å². The van der Waals surface area contributed by atoms with Crippen LogP contribution in [0.2, 0.25) is 0 Å². The minimum atomic E-state index is 0.858. The number of fused-ring (bicyclic) bond motifs is 1. The van der Waals surface area contributed by atoms with Crippen molar-refractivity contribution in [3.05, 3.63) is 90.5 Å². The standard InChI is InChI=1S/C22H18N2/c1-16-12-13-21-20(14-16)19(17-8-4-2-5-9-17)15-22(24-21)23-18-10-6-3-7-11-18/h2-15H,1H3,(H,23,24). The van der Waals surface area contributed by atoms with Crippen molar-refractivity contribution in [2.24, 2.45) is 0 Å². The first kappa shape index (κ1) is 14.5. The molecule has 0 aliphatic rings. The van der Waals surface area contributed by atoms with E-state index >= 15 is 0 Å². The zero-order valence-corrected chi connectivity index (χ0v) is 13.5. The highest BCUT2D eigenvalue weighted by molar-refractivity contribution is 5.96. The second-order valence-corrected chi connectivity index (χ2v) is 5.93. The number of anilines is 2. The zero-order valence-electron chi connectivity index (χ0n) is 13.5. The monoisotopic (exact) mass is 310 g/mol. The molecule has 0 amide bonds. The molecule has 0 saturated carbocycles. The fourth-order valence-corrected chi connectivity index (χ4v) is 2.93. The van der Waals surface area contributed by atoms with Gasteiger partial charge in [-0.2, -0.15) is 0 Å². The Morgan fingerprint density at radius 3 is 2.21 bits per heavy atom. The van der Waals surface area contributed by atoms with Gasteiger partial charge >= 0.3 is 0 Å². The largest absolute Gasteiger partial charge is 0.340 e. The Labute approximate surface area is 141 Å². The number of benzene rings is 3. The molecule has 1 aromatic heterocycles. The third kappa shape index (κ3) is 2.86. The summed E-state index contributed by atoms with van der Waals surface area (Å²) >= 11 is 0. The van der Waals surface area contributed by atoms with Gasteiger partial charge in [-0.05, 0) is 48.4 Å². The summed E-state index contributed by atoms with van der Waals surface area (Å²) in [6, 6.07) is 29.1. The number of hydrogen-bond acceptors (Lipinski definition) is 2. The molecule has 4 aromatic rings.